The summed E-state index contributed by atoms with van der Waals surface area (Å²) in [5, 5.41) is 17.5. The van der Waals surface area contributed by atoms with Crippen molar-refractivity contribution in [1.29, 1.82) is 0 Å². The van der Waals surface area contributed by atoms with E-state index in [9.17, 15) is 0 Å². The van der Waals surface area contributed by atoms with Crippen LogP contribution in [0.15, 0.2) is 12.5 Å². The maximum Gasteiger partial charge on any atom is 0.158 e. The molecule has 0 aliphatic rings. The highest BCUT2D eigenvalue weighted by atomic mass is 32.1. The Morgan fingerprint density at radius 1 is 1.57 bits per heavy atom. The molecule has 2 heterocycles. The molecular weight excluding hydrogens is 200 g/mol. The van der Waals surface area contributed by atoms with E-state index in [4.69, 9.17) is 5.11 Å². The highest BCUT2D eigenvalue weighted by Crippen LogP contribution is 2.13. The van der Waals surface area contributed by atoms with Gasteiger partial charge in [-0.25, -0.2) is 4.98 Å². The monoisotopic (exact) mass is 210 g/mol. The molecule has 0 aliphatic carbocycles. The van der Waals surface area contributed by atoms with Crippen LogP contribution in [0.3, 0.4) is 0 Å². The van der Waals surface area contributed by atoms with Gasteiger partial charge in [0, 0.05) is 11.1 Å². The summed E-state index contributed by atoms with van der Waals surface area (Å²) in [7, 11) is 0. The Hall–Kier alpha value is -1.27. The minimum Gasteiger partial charge on any atom is -0.388 e. The first-order valence-electron chi connectivity index (χ1n) is 4.18. The Morgan fingerprint density at radius 2 is 2.43 bits per heavy atom. The van der Waals surface area contributed by atoms with Crippen LogP contribution in [-0.2, 0) is 13.2 Å². The molecule has 0 aliphatic heterocycles. The van der Waals surface area contributed by atoms with Crippen molar-refractivity contribution in [2.24, 2.45) is 0 Å². The van der Waals surface area contributed by atoms with Crippen LogP contribution in [0, 0.1) is 6.92 Å². The van der Waals surface area contributed by atoms with E-state index in [1.165, 1.54) is 0 Å². The van der Waals surface area contributed by atoms with E-state index >= 15 is 0 Å². The van der Waals surface area contributed by atoms with Gasteiger partial charge in [-0.15, -0.1) is 21.5 Å². The van der Waals surface area contributed by atoms with Crippen LogP contribution < -0.4 is 0 Å². The third kappa shape index (κ3) is 1.80. The van der Waals surface area contributed by atoms with Gasteiger partial charge < -0.3 is 9.67 Å². The normalized spacial score (nSPS) is 10.7. The van der Waals surface area contributed by atoms with E-state index in [1.807, 2.05) is 17.7 Å². The van der Waals surface area contributed by atoms with Gasteiger partial charge in [-0.05, 0) is 6.92 Å². The van der Waals surface area contributed by atoms with Gasteiger partial charge in [0.2, 0.25) is 0 Å². The van der Waals surface area contributed by atoms with Gasteiger partial charge in [0.15, 0.2) is 5.82 Å². The number of hydrogen-bond donors (Lipinski definition) is 1. The molecule has 5 nitrogen and oxygen atoms in total. The topological polar surface area (TPSA) is 63.8 Å². The molecule has 0 fully saturated rings. The Morgan fingerprint density at radius 3 is 3.07 bits per heavy atom. The predicted octanol–water partition coefficient (Wildman–Crippen LogP) is 0.584. The lowest BCUT2D eigenvalue weighted by Gasteiger charge is -2.00. The Bertz CT molecular complexity index is 422. The summed E-state index contributed by atoms with van der Waals surface area (Å²) in [5.74, 6) is 0.580. The maximum absolute atomic E-state index is 8.95. The molecule has 0 spiro atoms. The molecular formula is C8H10N4OS. The Labute approximate surface area is 85.1 Å². The summed E-state index contributed by atoms with van der Waals surface area (Å²) < 4.78 is 1.81. The standard InChI is InChI=1S/C8H10N4OS/c1-6-9-2-7(14-6)3-12-5-10-11-8(12)4-13/h2,5,13H,3-4H2,1H3. The molecule has 0 bridgehead atoms. The third-order valence-electron chi connectivity index (χ3n) is 1.83. The molecule has 0 saturated heterocycles. The molecule has 0 amide bonds. The highest BCUT2D eigenvalue weighted by molar-refractivity contribution is 7.11. The van der Waals surface area contributed by atoms with E-state index in [1.54, 1.807) is 17.7 Å². The van der Waals surface area contributed by atoms with Crippen LogP contribution in [0.2, 0.25) is 0 Å². The second-order valence-electron chi connectivity index (χ2n) is 2.88. The van der Waals surface area contributed by atoms with Crippen LogP contribution >= 0.6 is 11.3 Å². The first kappa shape index (κ1) is 9.29. The minimum absolute atomic E-state index is 0.0855. The molecule has 0 radical (unpaired) electrons. The second-order valence-corrected chi connectivity index (χ2v) is 4.20. The van der Waals surface area contributed by atoms with Crippen molar-refractivity contribution in [3.05, 3.63) is 28.2 Å². The summed E-state index contributed by atoms with van der Waals surface area (Å²) in [6.45, 7) is 2.56. The summed E-state index contributed by atoms with van der Waals surface area (Å²) in [6, 6.07) is 0. The van der Waals surface area contributed by atoms with Crippen molar-refractivity contribution in [2.75, 3.05) is 0 Å². The van der Waals surface area contributed by atoms with E-state index in [2.05, 4.69) is 15.2 Å². The summed E-state index contributed by atoms with van der Waals surface area (Å²) in [6.07, 6.45) is 3.45. The fourth-order valence-electron chi connectivity index (χ4n) is 1.18. The lowest BCUT2D eigenvalue weighted by Crippen LogP contribution is -2.02. The van der Waals surface area contributed by atoms with E-state index in [0.29, 0.717) is 12.4 Å². The number of thiazole rings is 1. The first-order chi connectivity index (χ1) is 6.79. The van der Waals surface area contributed by atoms with Crippen molar-refractivity contribution in [2.45, 2.75) is 20.1 Å². The number of rotatable bonds is 3. The Balaban J connectivity index is 2.18. The number of aromatic nitrogens is 4. The van der Waals surface area contributed by atoms with E-state index < -0.39 is 0 Å². The van der Waals surface area contributed by atoms with Gasteiger partial charge in [0.1, 0.15) is 12.9 Å². The zero-order valence-corrected chi connectivity index (χ0v) is 8.53. The number of aliphatic hydroxyl groups excluding tert-OH is 1. The van der Waals surface area contributed by atoms with Crippen LogP contribution in [0.5, 0.6) is 0 Å². The Kier molecular flexibility index (Phi) is 2.55. The number of aryl methyl sites for hydroxylation is 1. The molecule has 1 N–H and O–H groups in total. The number of nitrogens with zero attached hydrogens (tertiary/aromatic N) is 4. The average Bonchev–Trinajstić information content (AvgIpc) is 2.76. The zero-order valence-electron chi connectivity index (χ0n) is 7.71. The zero-order chi connectivity index (χ0) is 9.97. The van der Waals surface area contributed by atoms with Crippen LogP contribution in [0.25, 0.3) is 0 Å². The van der Waals surface area contributed by atoms with Crippen LogP contribution in [-0.4, -0.2) is 24.9 Å². The van der Waals surface area contributed by atoms with E-state index in [-0.39, 0.29) is 6.61 Å². The van der Waals surface area contributed by atoms with Gasteiger partial charge in [-0.3, -0.25) is 0 Å². The third-order valence-corrected chi connectivity index (χ3v) is 2.73. The fraction of sp³-hybridized carbons (Fsp3) is 0.375. The van der Waals surface area contributed by atoms with Crippen LogP contribution in [0.4, 0.5) is 0 Å². The average molecular weight is 210 g/mol. The number of aliphatic hydroxyl groups is 1. The second kappa shape index (κ2) is 3.85. The highest BCUT2D eigenvalue weighted by Gasteiger charge is 2.04. The maximum atomic E-state index is 8.95. The smallest absolute Gasteiger partial charge is 0.158 e. The molecule has 0 saturated carbocycles. The van der Waals surface area contributed by atoms with Crippen LogP contribution in [0.1, 0.15) is 15.7 Å². The van der Waals surface area contributed by atoms with Gasteiger partial charge in [-0.2, -0.15) is 0 Å². The summed E-state index contributed by atoms with van der Waals surface area (Å²) in [5.41, 5.74) is 0. The van der Waals surface area contributed by atoms with Crippen molar-refractivity contribution in [3.8, 4) is 0 Å². The fourth-order valence-corrected chi connectivity index (χ4v) is 1.97. The molecule has 74 valence electrons. The predicted molar refractivity (Wildman–Crippen MR) is 51.9 cm³/mol. The van der Waals surface area contributed by atoms with Crippen molar-refractivity contribution in [1.82, 2.24) is 19.7 Å². The first-order valence-corrected chi connectivity index (χ1v) is 5.00. The minimum atomic E-state index is -0.0855. The van der Waals surface area contributed by atoms with Gasteiger partial charge >= 0.3 is 0 Å². The molecule has 0 aromatic carbocycles. The van der Waals surface area contributed by atoms with Crippen molar-refractivity contribution in [3.63, 3.8) is 0 Å². The van der Waals surface area contributed by atoms with Crippen molar-refractivity contribution >= 4 is 11.3 Å². The van der Waals surface area contributed by atoms with Gasteiger partial charge in [0.25, 0.3) is 0 Å². The summed E-state index contributed by atoms with van der Waals surface area (Å²) >= 11 is 1.64. The van der Waals surface area contributed by atoms with Gasteiger partial charge in [-0.1, -0.05) is 0 Å². The SMILES string of the molecule is Cc1ncc(Cn2cnnc2CO)s1. The molecule has 0 atom stereocenters. The molecule has 2 rings (SSSR count). The lowest BCUT2D eigenvalue weighted by atomic mass is 10.5. The number of hydrogen-bond acceptors (Lipinski definition) is 5. The molecule has 2 aromatic heterocycles. The largest absolute Gasteiger partial charge is 0.388 e. The molecule has 14 heavy (non-hydrogen) atoms. The van der Waals surface area contributed by atoms with Crippen molar-refractivity contribution < 1.29 is 5.11 Å². The molecule has 6 heteroatoms. The lowest BCUT2D eigenvalue weighted by molar-refractivity contribution is 0.265. The molecule has 2 aromatic rings. The van der Waals surface area contributed by atoms with E-state index in [0.717, 1.165) is 9.88 Å². The molecule has 0 unspecified atom stereocenters. The van der Waals surface area contributed by atoms with Gasteiger partial charge in [0.05, 0.1) is 11.6 Å². The summed E-state index contributed by atoms with van der Waals surface area (Å²) in [4.78, 5) is 5.29. The quantitative estimate of drug-likeness (QED) is 0.805.